The van der Waals surface area contributed by atoms with Gasteiger partial charge >= 0.3 is 7.12 Å². The van der Waals surface area contributed by atoms with Crippen molar-refractivity contribution in [2.24, 2.45) is 0 Å². The number of nitrogens with one attached hydrogen (secondary N) is 1. The van der Waals surface area contributed by atoms with Gasteiger partial charge in [0.05, 0.1) is 11.2 Å². The maximum atomic E-state index is 12.0. The molecule has 0 aromatic carbocycles. The molecule has 3 heterocycles. The number of rotatable bonds is 5. The van der Waals surface area contributed by atoms with Crippen LogP contribution in [-0.2, 0) is 14.1 Å². The summed E-state index contributed by atoms with van der Waals surface area (Å²) in [5.41, 5.74) is -0.00192. The molecule has 1 amide bonds. The monoisotopic (exact) mass is 394 g/mol. The highest BCUT2D eigenvalue weighted by Gasteiger charge is 2.51. The fourth-order valence-corrected chi connectivity index (χ4v) is 3.51. The first-order chi connectivity index (χ1) is 12.7. The maximum Gasteiger partial charge on any atom is 0.498 e. The average Bonchev–Trinajstić information content (AvgIpc) is 2.87. The largest absolute Gasteiger partial charge is 0.498 e. The van der Waals surface area contributed by atoms with Gasteiger partial charge in [-0.2, -0.15) is 0 Å². The molecule has 1 aromatic rings. The lowest BCUT2D eigenvalue weighted by Gasteiger charge is -2.35. The molecule has 148 valence electrons. The van der Waals surface area contributed by atoms with E-state index in [0.29, 0.717) is 12.5 Å². The Balaban J connectivity index is 1.59. The first-order valence-electron chi connectivity index (χ1n) is 9.50. The number of carbonyl (C=O) groups is 1. The van der Waals surface area contributed by atoms with Crippen molar-refractivity contribution in [1.82, 2.24) is 14.9 Å². The van der Waals surface area contributed by atoms with Crippen LogP contribution in [-0.4, -0.2) is 64.1 Å². The molecule has 0 aliphatic carbocycles. The molecule has 0 bridgehead atoms. The molecule has 2 saturated heterocycles. The van der Waals surface area contributed by atoms with Gasteiger partial charge in [0.15, 0.2) is 0 Å². The van der Waals surface area contributed by atoms with Gasteiger partial charge < -0.3 is 19.5 Å². The van der Waals surface area contributed by atoms with Crippen molar-refractivity contribution in [3.8, 4) is 0 Å². The van der Waals surface area contributed by atoms with Crippen LogP contribution in [0.4, 0.5) is 5.95 Å². The molecule has 1 atom stereocenters. The van der Waals surface area contributed by atoms with Crippen LogP contribution in [0.5, 0.6) is 0 Å². The van der Waals surface area contributed by atoms with Crippen LogP contribution >= 0.6 is 11.6 Å². The summed E-state index contributed by atoms with van der Waals surface area (Å²) < 4.78 is 12.0. The van der Waals surface area contributed by atoms with Gasteiger partial charge in [0, 0.05) is 37.0 Å². The highest BCUT2D eigenvalue weighted by molar-refractivity contribution is 6.61. The van der Waals surface area contributed by atoms with Gasteiger partial charge in [-0.3, -0.25) is 4.79 Å². The summed E-state index contributed by atoms with van der Waals surface area (Å²) in [7, 11) is -0.473. The highest BCUT2D eigenvalue weighted by Crippen LogP contribution is 2.36. The van der Waals surface area contributed by atoms with Crippen molar-refractivity contribution in [2.75, 3.05) is 24.3 Å². The summed E-state index contributed by atoms with van der Waals surface area (Å²) in [4.78, 5) is 22.6. The number of likely N-dealkylation sites (tertiary alicyclic amines) is 1. The van der Waals surface area contributed by atoms with E-state index in [9.17, 15) is 4.79 Å². The van der Waals surface area contributed by atoms with Crippen molar-refractivity contribution in [2.45, 2.75) is 64.2 Å². The van der Waals surface area contributed by atoms with E-state index >= 15 is 0 Å². The Morgan fingerprint density at radius 1 is 1.26 bits per heavy atom. The molecule has 2 aliphatic rings. The van der Waals surface area contributed by atoms with Crippen LogP contribution in [0.15, 0.2) is 12.4 Å². The van der Waals surface area contributed by atoms with Crippen molar-refractivity contribution < 1.29 is 14.1 Å². The molecule has 2 aliphatic heterocycles. The molecule has 0 spiro atoms. The zero-order chi connectivity index (χ0) is 19.7. The van der Waals surface area contributed by atoms with E-state index in [4.69, 9.17) is 20.9 Å². The van der Waals surface area contributed by atoms with Gasteiger partial charge in [-0.1, -0.05) is 0 Å². The summed E-state index contributed by atoms with van der Waals surface area (Å²) >= 11 is 5.73. The Bertz CT molecular complexity index is 655. The number of carbonyl (C=O) groups excluding carboxylic acids is 1. The Labute approximate surface area is 166 Å². The minimum atomic E-state index is -0.473. The Morgan fingerprint density at radius 3 is 2.48 bits per heavy atom. The minimum absolute atomic E-state index is 0.0137. The number of hydrogen-bond donors (Lipinski definition) is 1. The summed E-state index contributed by atoms with van der Waals surface area (Å²) in [5.74, 6) is 0.537. The molecular formula is C18H28BClN4O3. The van der Waals surface area contributed by atoms with Gasteiger partial charge in [0.25, 0.3) is 0 Å². The smallest absolute Gasteiger partial charge is 0.399 e. The number of amides is 1. The van der Waals surface area contributed by atoms with Gasteiger partial charge in [0.1, 0.15) is 5.88 Å². The van der Waals surface area contributed by atoms with E-state index in [2.05, 4.69) is 15.3 Å². The Kier molecular flexibility index (Phi) is 5.98. The minimum Gasteiger partial charge on any atom is -0.399 e. The maximum absolute atomic E-state index is 12.0. The number of aromatic nitrogens is 2. The lowest BCUT2D eigenvalue weighted by Crippen LogP contribution is -2.47. The molecule has 1 aromatic heterocycles. The molecule has 0 radical (unpaired) electrons. The number of alkyl halides is 1. The van der Waals surface area contributed by atoms with E-state index in [1.54, 1.807) is 12.4 Å². The second kappa shape index (κ2) is 7.93. The fourth-order valence-electron chi connectivity index (χ4n) is 3.36. The topological polar surface area (TPSA) is 76.6 Å². The lowest BCUT2D eigenvalue weighted by atomic mass is 9.81. The summed E-state index contributed by atoms with van der Waals surface area (Å²) in [5, 5.41) is 3.23. The third-order valence-corrected chi connectivity index (χ3v) is 5.98. The quantitative estimate of drug-likeness (QED) is 0.606. The molecule has 0 saturated carbocycles. The van der Waals surface area contributed by atoms with Crippen LogP contribution in [0.3, 0.4) is 0 Å². The van der Waals surface area contributed by atoms with Gasteiger partial charge in [-0.15, -0.1) is 11.6 Å². The number of halogens is 1. The summed E-state index contributed by atoms with van der Waals surface area (Å²) in [6, 6.07) is 0.122. The molecule has 27 heavy (non-hydrogen) atoms. The standard InChI is InChI=1S/C18H28BClN4O3/c1-17(2)18(3,4)27-19(26-17)13-10-21-16(22-11-13)23-12-14-7-5-6-8-24(14)15(25)9-20/h10-11,14H,5-9,12H2,1-4H3,(H,21,22,23). The Morgan fingerprint density at radius 2 is 1.89 bits per heavy atom. The first kappa shape index (κ1) is 20.4. The van der Waals surface area contributed by atoms with E-state index < -0.39 is 18.3 Å². The van der Waals surface area contributed by atoms with Crippen LogP contribution in [0, 0.1) is 0 Å². The van der Waals surface area contributed by atoms with Crippen LogP contribution in [0.2, 0.25) is 0 Å². The normalized spacial score (nSPS) is 24.1. The van der Waals surface area contributed by atoms with Gasteiger partial charge in [0.2, 0.25) is 11.9 Å². The van der Waals surface area contributed by atoms with Gasteiger partial charge in [-0.05, 0) is 47.0 Å². The molecule has 2 fully saturated rings. The predicted molar refractivity (Wildman–Crippen MR) is 106 cm³/mol. The number of nitrogens with zero attached hydrogens (tertiary/aromatic N) is 3. The molecule has 1 unspecified atom stereocenters. The van der Waals surface area contributed by atoms with Gasteiger partial charge in [-0.25, -0.2) is 9.97 Å². The second-order valence-electron chi connectivity index (χ2n) is 8.18. The average molecular weight is 395 g/mol. The fraction of sp³-hybridized carbons (Fsp3) is 0.722. The molecular weight excluding hydrogens is 366 g/mol. The highest BCUT2D eigenvalue weighted by atomic mass is 35.5. The molecule has 7 nitrogen and oxygen atoms in total. The lowest BCUT2D eigenvalue weighted by molar-refractivity contribution is -0.131. The van der Waals surface area contributed by atoms with E-state index in [1.807, 2.05) is 32.6 Å². The number of hydrogen-bond acceptors (Lipinski definition) is 6. The van der Waals surface area contributed by atoms with E-state index in [-0.39, 0.29) is 17.8 Å². The third-order valence-electron chi connectivity index (χ3n) is 5.75. The van der Waals surface area contributed by atoms with Crippen LogP contribution < -0.4 is 10.8 Å². The number of piperidine rings is 1. The zero-order valence-corrected chi connectivity index (χ0v) is 17.3. The molecule has 1 N–H and O–H groups in total. The zero-order valence-electron chi connectivity index (χ0n) is 16.5. The van der Waals surface area contributed by atoms with Crippen LogP contribution in [0.1, 0.15) is 47.0 Å². The molecule has 3 rings (SSSR count). The SMILES string of the molecule is CC1(C)OB(c2cnc(NCC3CCCCN3C(=O)CCl)nc2)OC1(C)C. The van der Waals surface area contributed by atoms with Crippen molar-refractivity contribution >= 4 is 36.0 Å². The Hall–Kier alpha value is -1.38. The third kappa shape index (κ3) is 4.38. The van der Waals surface area contributed by atoms with Crippen molar-refractivity contribution in [1.29, 1.82) is 0 Å². The molecule has 9 heteroatoms. The number of anilines is 1. The van der Waals surface area contributed by atoms with Crippen molar-refractivity contribution in [3.63, 3.8) is 0 Å². The van der Waals surface area contributed by atoms with Crippen molar-refractivity contribution in [3.05, 3.63) is 12.4 Å². The van der Waals surface area contributed by atoms with E-state index in [1.165, 1.54) is 0 Å². The predicted octanol–water partition coefficient (Wildman–Crippen LogP) is 1.81. The summed E-state index contributed by atoms with van der Waals surface area (Å²) in [6.07, 6.45) is 6.54. The van der Waals surface area contributed by atoms with E-state index in [0.717, 1.165) is 31.3 Å². The van der Waals surface area contributed by atoms with Crippen LogP contribution in [0.25, 0.3) is 0 Å². The first-order valence-corrected chi connectivity index (χ1v) is 10.0. The second-order valence-corrected chi connectivity index (χ2v) is 8.45. The summed E-state index contributed by atoms with van der Waals surface area (Å²) in [6.45, 7) is 9.44.